The molecule has 3 N–H and O–H groups in total. The van der Waals surface area contributed by atoms with Crippen LogP contribution in [0.3, 0.4) is 0 Å². The molecule has 0 atom stereocenters. The van der Waals surface area contributed by atoms with Crippen LogP contribution in [0.15, 0.2) is 47.6 Å². The van der Waals surface area contributed by atoms with Crippen molar-refractivity contribution < 1.29 is 12.8 Å². The summed E-state index contributed by atoms with van der Waals surface area (Å²) in [6.45, 7) is 0.197. The topological polar surface area (TPSA) is 85.1 Å². The summed E-state index contributed by atoms with van der Waals surface area (Å²) in [5.74, 6) is -0.322. The molecule has 20 heavy (non-hydrogen) atoms. The molecular formula is C13H14FN3O2S. The highest BCUT2D eigenvalue weighted by atomic mass is 32.2. The molecule has 5 nitrogen and oxygen atoms in total. The van der Waals surface area contributed by atoms with Gasteiger partial charge >= 0.3 is 0 Å². The number of nitrogens with zero attached hydrogens (tertiary/aromatic N) is 1. The number of aromatic nitrogens is 1. The number of anilines is 1. The summed E-state index contributed by atoms with van der Waals surface area (Å²) >= 11 is 0. The quantitative estimate of drug-likeness (QED) is 0.871. The van der Waals surface area contributed by atoms with Gasteiger partial charge in [-0.15, -0.1) is 0 Å². The Morgan fingerprint density at radius 3 is 2.55 bits per heavy atom. The first kappa shape index (κ1) is 14.4. The van der Waals surface area contributed by atoms with E-state index in [9.17, 15) is 12.8 Å². The average molecular weight is 295 g/mol. The molecular weight excluding hydrogens is 281 g/mol. The molecule has 106 valence electrons. The number of nitrogens with two attached hydrogens (primary N) is 1. The SMILES string of the molecule is Nc1ccncc1S(=O)(=O)NCCc1ccc(F)cc1. The molecule has 0 saturated carbocycles. The molecule has 0 aliphatic carbocycles. The van der Waals surface area contributed by atoms with Crippen LogP contribution in [-0.4, -0.2) is 19.9 Å². The van der Waals surface area contributed by atoms with Gasteiger partial charge in [0.15, 0.2) is 0 Å². The number of pyridine rings is 1. The Bertz CT molecular complexity index is 687. The number of halogens is 1. The molecule has 1 aromatic carbocycles. The van der Waals surface area contributed by atoms with Gasteiger partial charge in [0, 0.05) is 18.9 Å². The van der Waals surface area contributed by atoms with Crippen LogP contribution in [0.2, 0.25) is 0 Å². The van der Waals surface area contributed by atoms with Crippen LogP contribution in [0.4, 0.5) is 10.1 Å². The van der Waals surface area contributed by atoms with E-state index >= 15 is 0 Å². The lowest BCUT2D eigenvalue weighted by Crippen LogP contribution is -2.26. The number of nitrogen functional groups attached to an aromatic ring is 1. The molecule has 1 aromatic heterocycles. The molecule has 2 rings (SSSR count). The van der Waals surface area contributed by atoms with Crippen LogP contribution in [0.5, 0.6) is 0 Å². The Morgan fingerprint density at radius 2 is 1.90 bits per heavy atom. The fourth-order valence-electron chi connectivity index (χ4n) is 1.67. The fraction of sp³-hybridized carbons (Fsp3) is 0.154. The normalized spacial score (nSPS) is 11.4. The maximum atomic E-state index is 12.7. The van der Waals surface area contributed by atoms with Crippen LogP contribution < -0.4 is 10.5 Å². The molecule has 0 fully saturated rings. The summed E-state index contributed by atoms with van der Waals surface area (Å²) in [5, 5.41) is 0. The van der Waals surface area contributed by atoms with Gasteiger partial charge < -0.3 is 5.73 Å². The third-order valence-corrected chi connectivity index (χ3v) is 4.23. The van der Waals surface area contributed by atoms with E-state index in [1.165, 1.54) is 30.6 Å². The van der Waals surface area contributed by atoms with E-state index in [4.69, 9.17) is 5.73 Å². The molecule has 0 amide bonds. The van der Waals surface area contributed by atoms with E-state index in [2.05, 4.69) is 9.71 Å². The maximum absolute atomic E-state index is 12.7. The Labute approximate surface area is 116 Å². The molecule has 0 aliphatic heterocycles. The zero-order valence-electron chi connectivity index (χ0n) is 10.6. The van der Waals surface area contributed by atoms with Crippen LogP contribution in [0.1, 0.15) is 5.56 Å². The Kier molecular flexibility index (Phi) is 4.31. The van der Waals surface area contributed by atoms with Gasteiger partial charge in [0.1, 0.15) is 10.7 Å². The number of sulfonamides is 1. The highest BCUT2D eigenvalue weighted by molar-refractivity contribution is 7.89. The van der Waals surface area contributed by atoms with E-state index in [-0.39, 0.29) is 22.9 Å². The zero-order chi connectivity index (χ0) is 14.6. The molecule has 7 heteroatoms. The summed E-state index contributed by atoms with van der Waals surface area (Å²) in [6, 6.07) is 7.32. The average Bonchev–Trinajstić information content (AvgIpc) is 2.41. The van der Waals surface area contributed by atoms with E-state index in [1.54, 1.807) is 12.1 Å². The molecule has 1 heterocycles. The minimum absolute atomic E-state index is 0.0425. The van der Waals surface area contributed by atoms with Gasteiger partial charge in [-0.1, -0.05) is 12.1 Å². The van der Waals surface area contributed by atoms with Crippen molar-refractivity contribution in [2.45, 2.75) is 11.3 Å². The smallest absolute Gasteiger partial charge is 0.244 e. The molecule has 2 aromatic rings. The molecule has 0 unspecified atom stereocenters. The van der Waals surface area contributed by atoms with Crippen molar-refractivity contribution in [1.82, 2.24) is 9.71 Å². The van der Waals surface area contributed by atoms with Crippen LogP contribution in [-0.2, 0) is 16.4 Å². The van der Waals surface area contributed by atoms with Crippen molar-refractivity contribution in [3.63, 3.8) is 0 Å². The minimum atomic E-state index is -3.68. The third kappa shape index (κ3) is 3.52. The molecule has 0 bridgehead atoms. The maximum Gasteiger partial charge on any atom is 0.244 e. The first-order valence-corrected chi connectivity index (χ1v) is 7.41. The van der Waals surface area contributed by atoms with Crippen molar-refractivity contribution in [1.29, 1.82) is 0 Å². The van der Waals surface area contributed by atoms with Crippen molar-refractivity contribution in [2.75, 3.05) is 12.3 Å². The molecule has 0 radical (unpaired) electrons. The monoisotopic (exact) mass is 295 g/mol. The van der Waals surface area contributed by atoms with Gasteiger partial charge in [-0.25, -0.2) is 17.5 Å². The minimum Gasteiger partial charge on any atom is -0.398 e. The summed E-state index contributed by atoms with van der Waals surface area (Å²) in [5.41, 5.74) is 6.59. The predicted octanol–water partition coefficient (Wildman–Crippen LogP) is 1.32. The Hall–Kier alpha value is -1.99. The van der Waals surface area contributed by atoms with E-state index in [0.717, 1.165) is 5.56 Å². The van der Waals surface area contributed by atoms with Gasteiger partial charge in [-0.2, -0.15) is 0 Å². The van der Waals surface area contributed by atoms with E-state index in [0.29, 0.717) is 6.42 Å². The molecule has 0 saturated heterocycles. The molecule has 0 aliphatic rings. The number of hydrogen-bond acceptors (Lipinski definition) is 4. The number of nitrogens with one attached hydrogen (secondary N) is 1. The van der Waals surface area contributed by atoms with Crippen molar-refractivity contribution in [3.05, 3.63) is 54.1 Å². The van der Waals surface area contributed by atoms with Crippen LogP contribution >= 0.6 is 0 Å². The number of rotatable bonds is 5. The second-order valence-electron chi connectivity index (χ2n) is 4.19. The van der Waals surface area contributed by atoms with Gasteiger partial charge in [-0.3, -0.25) is 4.98 Å². The second kappa shape index (κ2) is 5.98. The first-order valence-electron chi connectivity index (χ1n) is 5.92. The second-order valence-corrected chi connectivity index (χ2v) is 5.92. The number of hydrogen-bond donors (Lipinski definition) is 2. The first-order chi connectivity index (χ1) is 9.49. The Morgan fingerprint density at radius 1 is 1.20 bits per heavy atom. The lowest BCUT2D eigenvalue weighted by molar-refractivity contribution is 0.581. The van der Waals surface area contributed by atoms with Gasteiger partial charge in [0.25, 0.3) is 0 Å². The zero-order valence-corrected chi connectivity index (χ0v) is 11.4. The fourth-order valence-corrected chi connectivity index (χ4v) is 2.78. The highest BCUT2D eigenvalue weighted by Gasteiger charge is 2.16. The van der Waals surface area contributed by atoms with Crippen LogP contribution in [0, 0.1) is 5.82 Å². The number of benzene rings is 1. The summed E-state index contributed by atoms with van der Waals surface area (Å²) in [4.78, 5) is 3.70. The summed E-state index contributed by atoms with van der Waals surface area (Å²) < 4.78 is 39.2. The lowest BCUT2D eigenvalue weighted by atomic mass is 10.1. The van der Waals surface area contributed by atoms with E-state index < -0.39 is 10.0 Å². The van der Waals surface area contributed by atoms with Crippen molar-refractivity contribution in [2.24, 2.45) is 0 Å². The highest BCUT2D eigenvalue weighted by Crippen LogP contribution is 2.15. The standard InChI is InChI=1S/C13H14FN3O2S/c14-11-3-1-10(2-4-11)5-8-17-20(18,19)13-9-16-7-6-12(13)15/h1-4,6-7,9,17H,5,8H2,(H2,15,16). The van der Waals surface area contributed by atoms with Crippen molar-refractivity contribution in [3.8, 4) is 0 Å². The van der Waals surface area contributed by atoms with E-state index in [1.807, 2.05) is 0 Å². The Balaban J connectivity index is 2.00. The van der Waals surface area contributed by atoms with Crippen molar-refractivity contribution >= 4 is 15.7 Å². The largest absolute Gasteiger partial charge is 0.398 e. The lowest BCUT2D eigenvalue weighted by Gasteiger charge is -2.08. The summed E-state index contributed by atoms with van der Waals surface area (Å²) in [7, 11) is -3.68. The van der Waals surface area contributed by atoms with Gasteiger partial charge in [0.2, 0.25) is 10.0 Å². The molecule has 0 spiro atoms. The summed E-state index contributed by atoms with van der Waals surface area (Å²) in [6.07, 6.45) is 3.09. The van der Waals surface area contributed by atoms with Crippen LogP contribution in [0.25, 0.3) is 0 Å². The third-order valence-electron chi connectivity index (χ3n) is 2.72. The van der Waals surface area contributed by atoms with Gasteiger partial charge in [-0.05, 0) is 30.2 Å². The van der Waals surface area contributed by atoms with Gasteiger partial charge in [0.05, 0.1) is 5.69 Å². The predicted molar refractivity (Wildman–Crippen MR) is 73.9 cm³/mol.